The van der Waals surface area contributed by atoms with Crippen molar-refractivity contribution in [2.75, 3.05) is 7.11 Å². The van der Waals surface area contributed by atoms with Crippen LogP contribution < -0.4 is 4.74 Å². The Labute approximate surface area is 160 Å². The highest BCUT2D eigenvalue weighted by atomic mass is 32.1. The number of aromatic hydroxyl groups is 1. The van der Waals surface area contributed by atoms with Gasteiger partial charge in [-0.1, -0.05) is 48.5 Å². The van der Waals surface area contributed by atoms with E-state index in [0.717, 1.165) is 32.9 Å². The van der Waals surface area contributed by atoms with Gasteiger partial charge in [0.05, 0.1) is 28.7 Å². The van der Waals surface area contributed by atoms with E-state index in [0.29, 0.717) is 0 Å². The third-order valence-electron chi connectivity index (χ3n) is 4.92. The van der Waals surface area contributed by atoms with Crippen molar-refractivity contribution < 1.29 is 9.84 Å². The van der Waals surface area contributed by atoms with Gasteiger partial charge in [-0.15, -0.1) is 11.3 Å². The van der Waals surface area contributed by atoms with Crippen molar-refractivity contribution in [3.63, 3.8) is 0 Å². The number of rotatable bonds is 3. The summed E-state index contributed by atoms with van der Waals surface area (Å²) >= 11 is 1.52. The molecule has 0 atom stereocenters. The maximum Gasteiger partial charge on any atom is 0.158 e. The molecule has 0 saturated heterocycles. The van der Waals surface area contributed by atoms with Crippen LogP contribution in [0.1, 0.15) is 0 Å². The number of ether oxygens (including phenoxy) is 1. The zero-order valence-electron chi connectivity index (χ0n) is 14.7. The second-order valence-electron chi connectivity index (χ2n) is 6.37. The van der Waals surface area contributed by atoms with Crippen LogP contribution in [-0.2, 0) is 0 Å². The second-order valence-corrected chi connectivity index (χ2v) is 7.25. The van der Waals surface area contributed by atoms with Crippen molar-refractivity contribution in [3.05, 3.63) is 78.2 Å². The Morgan fingerprint density at radius 1 is 0.815 bits per heavy atom. The number of fused-ring (bicyclic) bond motifs is 3. The Balaban J connectivity index is 1.81. The molecule has 5 rings (SSSR count). The average Bonchev–Trinajstić information content (AvgIpc) is 3.25. The summed E-state index contributed by atoms with van der Waals surface area (Å²) in [4.78, 5) is 0.810. The number of hydrogen-bond donors (Lipinski definition) is 1. The van der Waals surface area contributed by atoms with Crippen LogP contribution in [0.4, 0.5) is 0 Å². The van der Waals surface area contributed by atoms with Gasteiger partial charge in [-0.25, -0.2) is 0 Å². The lowest BCUT2D eigenvalue weighted by Crippen LogP contribution is -1.92. The van der Waals surface area contributed by atoms with Gasteiger partial charge in [0.2, 0.25) is 0 Å². The molecule has 0 aliphatic rings. The fourth-order valence-corrected chi connectivity index (χ4v) is 4.66. The first-order valence-corrected chi connectivity index (χ1v) is 9.60. The highest BCUT2D eigenvalue weighted by Crippen LogP contribution is 2.46. The lowest BCUT2D eigenvalue weighted by molar-refractivity contribution is 0.416. The van der Waals surface area contributed by atoms with E-state index in [-0.39, 0.29) is 5.75 Å². The Hall–Kier alpha value is -3.24. The number of para-hydroxylation sites is 3. The Morgan fingerprint density at radius 3 is 2.07 bits per heavy atom. The number of nitrogens with zero attached hydrogens (tertiary/aromatic N) is 1. The van der Waals surface area contributed by atoms with E-state index >= 15 is 0 Å². The lowest BCUT2D eigenvalue weighted by Gasteiger charge is -2.09. The first-order valence-electron chi connectivity index (χ1n) is 8.72. The Kier molecular flexibility index (Phi) is 3.66. The average molecular weight is 371 g/mol. The minimum absolute atomic E-state index is 0.274. The topological polar surface area (TPSA) is 34.4 Å². The molecule has 132 valence electrons. The van der Waals surface area contributed by atoms with Gasteiger partial charge < -0.3 is 14.4 Å². The van der Waals surface area contributed by atoms with Crippen molar-refractivity contribution in [1.29, 1.82) is 0 Å². The predicted molar refractivity (Wildman–Crippen MR) is 112 cm³/mol. The molecule has 0 amide bonds. The van der Waals surface area contributed by atoms with Crippen LogP contribution in [0.3, 0.4) is 0 Å². The molecule has 3 aromatic carbocycles. The normalized spacial score (nSPS) is 11.3. The fraction of sp³-hybridized carbons (Fsp3) is 0.0435. The van der Waals surface area contributed by atoms with Crippen LogP contribution in [0, 0.1) is 0 Å². The van der Waals surface area contributed by atoms with Gasteiger partial charge in [-0.2, -0.15) is 0 Å². The van der Waals surface area contributed by atoms with Crippen LogP contribution in [0.15, 0.2) is 78.2 Å². The summed E-state index contributed by atoms with van der Waals surface area (Å²) in [6.45, 7) is 0. The van der Waals surface area contributed by atoms with E-state index in [9.17, 15) is 5.11 Å². The van der Waals surface area contributed by atoms with Crippen LogP contribution in [0.25, 0.3) is 37.9 Å². The molecule has 3 nitrogen and oxygen atoms in total. The SMILES string of the molecule is COc1ccccc1-c1scc(-n2c3ccccc3c3ccccc32)c1O. The summed E-state index contributed by atoms with van der Waals surface area (Å²) in [7, 11) is 1.65. The van der Waals surface area contributed by atoms with Gasteiger partial charge in [-0.05, 0) is 24.3 Å². The molecule has 0 bridgehead atoms. The van der Waals surface area contributed by atoms with Gasteiger partial charge in [0, 0.05) is 21.7 Å². The molecule has 0 unspecified atom stereocenters. The summed E-state index contributed by atoms with van der Waals surface area (Å²) in [5, 5.41) is 15.5. The summed E-state index contributed by atoms with van der Waals surface area (Å²) in [5.41, 5.74) is 3.85. The molecule has 0 aliphatic carbocycles. The van der Waals surface area contributed by atoms with Gasteiger partial charge >= 0.3 is 0 Å². The van der Waals surface area contributed by atoms with Crippen molar-refractivity contribution in [2.45, 2.75) is 0 Å². The van der Waals surface area contributed by atoms with Crippen LogP contribution in [0.5, 0.6) is 11.5 Å². The van der Waals surface area contributed by atoms with Gasteiger partial charge in [-0.3, -0.25) is 0 Å². The number of methoxy groups -OCH3 is 1. The molecule has 0 saturated carbocycles. The number of benzene rings is 3. The maximum absolute atomic E-state index is 11.1. The van der Waals surface area contributed by atoms with E-state index in [1.165, 1.54) is 22.1 Å². The highest BCUT2D eigenvalue weighted by Gasteiger charge is 2.20. The van der Waals surface area contributed by atoms with E-state index < -0.39 is 0 Å². The largest absolute Gasteiger partial charge is 0.504 e. The first kappa shape index (κ1) is 16.0. The first-order chi connectivity index (χ1) is 13.3. The van der Waals surface area contributed by atoms with Gasteiger partial charge in [0.15, 0.2) is 5.75 Å². The summed E-state index contributed by atoms with van der Waals surface area (Å²) < 4.78 is 7.62. The molecular weight excluding hydrogens is 354 g/mol. The number of thiophene rings is 1. The number of aromatic nitrogens is 1. The summed E-state index contributed by atoms with van der Waals surface area (Å²) in [6.07, 6.45) is 0. The smallest absolute Gasteiger partial charge is 0.158 e. The molecule has 0 aliphatic heterocycles. The Morgan fingerprint density at radius 2 is 1.41 bits per heavy atom. The van der Waals surface area contributed by atoms with E-state index in [2.05, 4.69) is 28.8 Å². The molecule has 0 spiro atoms. The molecule has 2 aromatic heterocycles. The van der Waals surface area contributed by atoms with E-state index in [1.807, 2.05) is 53.9 Å². The monoisotopic (exact) mass is 371 g/mol. The third-order valence-corrected chi connectivity index (χ3v) is 5.91. The molecular formula is C23H17NO2S. The van der Waals surface area contributed by atoms with Crippen molar-refractivity contribution in [1.82, 2.24) is 4.57 Å². The predicted octanol–water partition coefficient (Wildman–Crippen LogP) is 6.23. The zero-order chi connectivity index (χ0) is 18.4. The minimum atomic E-state index is 0.274. The fourth-order valence-electron chi connectivity index (χ4n) is 3.71. The quantitative estimate of drug-likeness (QED) is 0.408. The van der Waals surface area contributed by atoms with E-state index in [1.54, 1.807) is 7.11 Å². The van der Waals surface area contributed by atoms with Crippen LogP contribution in [0.2, 0.25) is 0 Å². The second kappa shape index (κ2) is 6.18. The van der Waals surface area contributed by atoms with Crippen molar-refractivity contribution >= 4 is 33.1 Å². The molecule has 27 heavy (non-hydrogen) atoms. The van der Waals surface area contributed by atoms with Gasteiger partial charge in [0.1, 0.15) is 5.75 Å². The zero-order valence-corrected chi connectivity index (χ0v) is 15.5. The van der Waals surface area contributed by atoms with Crippen molar-refractivity contribution in [2.24, 2.45) is 0 Å². The maximum atomic E-state index is 11.1. The standard InChI is InChI=1S/C23H17NO2S/c1-26-21-13-7-4-10-17(21)23-22(25)20(14-27-23)24-18-11-5-2-8-15(18)16-9-3-6-12-19(16)24/h2-14,25H,1H3. The van der Waals surface area contributed by atoms with Crippen LogP contribution >= 0.6 is 11.3 Å². The molecule has 0 fully saturated rings. The number of hydrogen-bond acceptors (Lipinski definition) is 3. The third kappa shape index (κ3) is 2.34. The van der Waals surface area contributed by atoms with Gasteiger partial charge in [0.25, 0.3) is 0 Å². The molecule has 4 heteroatoms. The Bertz CT molecular complexity index is 1230. The van der Waals surface area contributed by atoms with E-state index in [4.69, 9.17) is 4.74 Å². The van der Waals surface area contributed by atoms with Crippen molar-refractivity contribution in [3.8, 4) is 27.6 Å². The van der Waals surface area contributed by atoms with Crippen LogP contribution in [-0.4, -0.2) is 16.8 Å². The lowest BCUT2D eigenvalue weighted by atomic mass is 10.1. The minimum Gasteiger partial charge on any atom is -0.504 e. The summed E-state index contributed by atoms with van der Waals surface area (Å²) in [5.74, 6) is 1.03. The highest BCUT2D eigenvalue weighted by molar-refractivity contribution is 7.14. The molecule has 2 heterocycles. The summed E-state index contributed by atoms with van der Waals surface area (Å²) in [6, 6.07) is 24.4. The molecule has 1 N–H and O–H groups in total. The molecule has 5 aromatic rings. The molecule has 0 radical (unpaired) electrons.